The van der Waals surface area contributed by atoms with E-state index in [1.165, 1.54) is 0 Å². The van der Waals surface area contributed by atoms with Gasteiger partial charge in [0.2, 0.25) is 0 Å². The minimum atomic E-state index is -0.231. The fourth-order valence-electron chi connectivity index (χ4n) is 1.90. The van der Waals surface area contributed by atoms with Crippen molar-refractivity contribution < 1.29 is 14.6 Å². The second-order valence-electron chi connectivity index (χ2n) is 3.55. The highest BCUT2D eigenvalue weighted by Crippen LogP contribution is 2.20. The summed E-state index contributed by atoms with van der Waals surface area (Å²) in [5.41, 5.74) is 0. The lowest BCUT2D eigenvalue weighted by atomic mass is 10.0. The first-order valence-corrected chi connectivity index (χ1v) is 5.33. The summed E-state index contributed by atoms with van der Waals surface area (Å²) in [4.78, 5) is 13.3. The molecule has 0 radical (unpaired) electrons. The van der Waals surface area contributed by atoms with Crippen molar-refractivity contribution in [3.63, 3.8) is 0 Å². The van der Waals surface area contributed by atoms with Gasteiger partial charge in [-0.2, -0.15) is 0 Å². The Morgan fingerprint density at radius 2 is 2.36 bits per heavy atom. The lowest BCUT2D eigenvalue weighted by Gasteiger charge is -2.34. The van der Waals surface area contributed by atoms with E-state index >= 15 is 0 Å². The largest absolute Gasteiger partial charge is 0.450 e. The lowest BCUT2D eigenvalue weighted by molar-refractivity contribution is 0.0690. The van der Waals surface area contributed by atoms with Gasteiger partial charge in [-0.25, -0.2) is 4.79 Å². The highest BCUT2D eigenvalue weighted by molar-refractivity contribution is 5.68. The highest BCUT2D eigenvalue weighted by atomic mass is 16.6. The molecule has 0 spiro atoms. The second-order valence-corrected chi connectivity index (χ2v) is 3.55. The summed E-state index contributed by atoms with van der Waals surface area (Å²) in [6.45, 7) is 3.13. The van der Waals surface area contributed by atoms with Gasteiger partial charge in [0, 0.05) is 19.2 Å². The molecule has 0 aliphatic carbocycles. The maximum Gasteiger partial charge on any atom is 0.409 e. The number of likely N-dealkylation sites (tertiary alicyclic amines) is 1. The van der Waals surface area contributed by atoms with Gasteiger partial charge in [-0.3, -0.25) is 0 Å². The van der Waals surface area contributed by atoms with Gasteiger partial charge in [0.05, 0.1) is 6.61 Å². The van der Waals surface area contributed by atoms with Crippen molar-refractivity contribution in [2.24, 2.45) is 0 Å². The second kappa shape index (κ2) is 5.86. The molecule has 4 heteroatoms. The fourth-order valence-corrected chi connectivity index (χ4v) is 1.90. The average molecular weight is 201 g/mol. The van der Waals surface area contributed by atoms with E-state index in [1.807, 2.05) is 6.92 Å². The molecule has 1 aliphatic rings. The zero-order valence-electron chi connectivity index (χ0n) is 8.74. The van der Waals surface area contributed by atoms with Crippen LogP contribution in [0.2, 0.25) is 0 Å². The van der Waals surface area contributed by atoms with Crippen LogP contribution in [0.1, 0.15) is 32.6 Å². The van der Waals surface area contributed by atoms with Crippen LogP contribution in [0.4, 0.5) is 4.79 Å². The van der Waals surface area contributed by atoms with Gasteiger partial charge >= 0.3 is 6.09 Å². The number of hydrogen-bond acceptors (Lipinski definition) is 3. The number of hydrogen-bond donors (Lipinski definition) is 1. The van der Waals surface area contributed by atoms with Gasteiger partial charge in [0.15, 0.2) is 0 Å². The Morgan fingerprint density at radius 3 is 3.00 bits per heavy atom. The monoisotopic (exact) mass is 201 g/mol. The van der Waals surface area contributed by atoms with Crippen molar-refractivity contribution in [2.75, 3.05) is 19.8 Å². The predicted molar refractivity (Wildman–Crippen MR) is 53.1 cm³/mol. The maximum atomic E-state index is 11.5. The quantitative estimate of drug-likeness (QED) is 0.750. The fraction of sp³-hybridized carbons (Fsp3) is 0.900. The third kappa shape index (κ3) is 2.87. The molecule has 0 aromatic rings. The topological polar surface area (TPSA) is 49.8 Å². The lowest BCUT2D eigenvalue weighted by Crippen LogP contribution is -2.44. The van der Waals surface area contributed by atoms with Crippen LogP contribution in [0.5, 0.6) is 0 Å². The summed E-state index contributed by atoms with van der Waals surface area (Å²) in [6.07, 6.45) is 3.60. The molecule has 1 heterocycles. The Bertz CT molecular complexity index is 182. The number of aliphatic hydroxyl groups is 1. The number of nitrogens with zero attached hydrogens (tertiary/aromatic N) is 1. The van der Waals surface area contributed by atoms with Crippen LogP contribution in [-0.2, 0) is 4.74 Å². The molecule has 4 nitrogen and oxygen atoms in total. The molecule has 0 aromatic carbocycles. The van der Waals surface area contributed by atoms with E-state index in [4.69, 9.17) is 9.84 Å². The number of aliphatic hydroxyl groups excluding tert-OH is 1. The molecule has 82 valence electrons. The van der Waals surface area contributed by atoms with Crippen molar-refractivity contribution in [3.05, 3.63) is 0 Å². The van der Waals surface area contributed by atoms with E-state index in [0.29, 0.717) is 13.0 Å². The first kappa shape index (κ1) is 11.3. The Morgan fingerprint density at radius 1 is 1.57 bits per heavy atom. The van der Waals surface area contributed by atoms with Crippen molar-refractivity contribution in [1.82, 2.24) is 4.90 Å². The zero-order valence-corrected chi connectivity index (χ0v) is 8.74. The van der Waals surface area contributed by atoms with Gasteiger partial charge in [-0.15, -0.1) is 0 Å². The van der Waals surface area contributed by atoms with Crippen molar-refractivity contribution in [1.29, 1.82) is 0 Å². The third-order valence-electron chi connectivity index (χ3n) is 2.59. The normalized spacial score (nSPS) is 22.1. The first-order valence-electron chi connectivity index (χ1n) is 5.33. The molecule has 0 bridgehead atoms. The van der Waals surface area contributed by atoms with Crippen LogP contribution < -0.4 is 0 Å². The number of amides is 1. The van der Waals surface area contributed by atoms with Crippen LogP contribution in [0, 0.1) is 0 Å². The maximum absolute atomic E-state index is 11.5. The van der Waals surface area contributed by atoms with Gasteiger partial charge in [-0.05, 0) is 32.6 Å². The standard InChI is InChI=1S/C10H19NO3/c1-2-14-10(13)11-7-4-3-5-9(11)6-8-12/h9,12H,2-8H2,1H3. The minimum Gasteiger partial charge on any atom is -0.450 e. The molecule has 1 rings (SSSR count). The Hall–Kier alpha value is -0.770. The summed E-state index contributed by atoms with van der Waals surface area (Å²) >= 11 is 0. The smallest absolute Gasteiger partial charge is 0.409 e. The summed E-state index contributed by atoms with van der Waals surface area (Å²) in [5.74, 6) is 0. The minimum absolute atomic E-state index is 0.139. The number of rotatable bonds is 3. The van der Waals surface area contributed by atoms with Crippen LogP contribution in [0.25, 0.3) is 0 Å². The van der Waals surface area contributed by atoms with Gasteiger partial charge in [-0.1, -0.05) is 0 Å². The van der Waals surface area contributed by atoms with E-state index < -0.39 is 0 Å². The third-order valence-corrected chi connectivity index (χ3v) is 2.59. The van der Waals surface area contributed by atoms with Crippen molar-refractivity contribution in [3.8, 4) is 0 Å². The molecule has 0 aromatic heterocycles. The molecule has 1 saturated heterocycles. The molecular weight excluding hydrogens is 182 g/mol. The van der Waals surface area contributed by atoms with E-state index in [-0.39, 0.29) is 18.7 Å². The SMILES string of the molecule is CCOC(=O)N1CCCCC1CCO. The van der Waals surface area contributed by atoms with Crippen LogP contribution in [-0.4, -0.2) is 41.9 Å². The summed E-state index contributed by atoms with van der Waals surface area (Å²) in [7, 11) is 0. The summed E-state index contributed by atoms with van der Waals surface area (Å²) in [5, 5.41) is 8.87. The zero-order chi connectivity index (χ0) is 10.4. The number of piperidine rings is 1. The summed E-state index contributed by atoms with van der Waals surface area (Å²) in [6, 6.07) is 0.174. The van der Waals surface area contributed by atoms with Crippen molar-refractivity contribution >= 4 is 6.09 Å². The number of carbonyl (C=O) groups excluding carboxylic acids is 1. The van der Waals surface area contributed by atoms with E-state index in [0.717, 1.165) is 25.8 Å². The van der Waals surface area contributed by atoms with Crippen molar-refractivity contribution in [2.45, 2.75) is 38.6 Å². The van der Waals surface area contributed by atoms with E-state index in [1.54, 1.807) is 4.90 Å². The van der Waals surface area contributed by atoms with E-state index in [2.05, 4.69) is 0 Å². The molecule has 14 heavy (non-hydrogen) atoms. The molecule has 1 unspecified atom stereocenters. The Labute approximate surface area is 84.8 Å². The van der Waals surface area contributed by atoms with Gasteiger partial charge < -0.3 is 14.7 Å². The van der Waals surface area contributed by atoms with E-state index in [9.17, 15) is 4.79 Å². The van der Waals surface area contributed by atoms with Gasteiger partial charge in [0.25, 0.3) is 0 Å². The molecule has 1 atom stereocenters. The molecule has 1 N–H and O–H groups in total. The molecule has 0 saturated carbocycles. The van der Waals surface area contributed by atoms with Crippen LogP contribution in [0.3, 0.4) is 0 Å². The number of ether oxygens (including phenoxy) is 1. The number of carbonyl (C=O) groups is 1. The highest BCUT2D eigenvalue weighted by Gasteiger charge is 2.26. The first-order chi connectivity index (χ1) is 6.79. The molecule has 1 aliphatic heterocycles. The molecular formula is C10H19NO3. The van der Waals surface area contributed by atoms with Crippen LogP contribution in [0.15, 0.2) is 0 Å². The molecule has 1 amide bonds. The summed E-state index contributed by atoms with van der Waals surface area (Å²) < 4.78 is 4.96. The Balaban J connectivity index is 2.48. The molecule has 1 fully saturated rings. The van der Waals surface area contributed by atoms with Crippen LogP contribution >= 0.6 is 0 Å². The predicted octanol–water partition coefficient (Wildman–Crippen LogP) is 1.38. The Kier molecular flexibility index (Phi) is 4.73. The van der Waals surface area contributed by atoms with Gasteiger partial charge in [0.1, 0.15) is 0 Å². The average Bonchev–Trinajstić information content (AvgIpc) is 2.19.